The Bertz CT molecular complexity index is 780. The number of para-hydroxylation sites is 1. The van der Waals surface area contributed by atoms with Crippen LogP contribution in [-0.2, 0) is 4.79 Å². The number of amidine groups is 1. The van der Waals surface area contributed by atoms with Gasteiger partial charge in [-0.3, -0.25) is 10.1 Å². The first-order valence-electron chi connectivity index (χ1n) is 7.05. The summed E-state index contributed by atoms with van der Waals surface area (Å²) in [5.74, 6) is 0.0597. The van der Waals surface area contributed by atoms with Crippen LogP contribution in [0.2, 0.25) is 5.02 Å². The number of nitrogens with zero attached hydrogens (tertiary/aromatic N) is 2. The van der Waals surface area contributed by atoms with Gasteiger partial charge in [-0.2, -0.15) is 5.01 Å². The van der Waals surface area contributed by atoms with Crippen molar-refractivity contribution in [1.82, 2.24) is 5.32 Å². The maximum atomic E-state index is 12.0. The Morgan fingerprint density at radius 1 is 1.08 bits per heavy atom. The van der Waals surface area contributed by atoms with Crippen LogP contribution in [0.25, 0.3) is 0 Å². The number of rotatable bonds is 2. The number of hydrogen-bond acceptors (Lipinski definition) is 4. The summed E-state index contributed by atoms with van der Waals surface area (Å²) in [6, 6.07) is 15.4. The van der Waals surface area contributed by atoms with Gasteiger partial charge in [0.25, 0.3) is 5.91 Å². The molecule has 0 unspecified atom stereocenters. The zero-order valence-electron chi connectivity index (χ0n) is 12.4. The molecule has 122 valence electrons. The van der Waals surface area contributed by atoms with Crippen molar-refractivity contribution >= 4 is 51.8 Å². The van der Waals surface area contributed by atoms with Crippen LogP contribution in [0.1, 0.15) is 0 Å². The van der Waals surface area contributed by atoms with Crippen molar-refractivity contribution in [2.45, 2.75) is 0 Å². The smallest absolute Gasteiger partial charge is 0.308 e. The molecule has 2 aromatic rings. The molecule has 6 nitrogen and oxygen atoms in total. The summed E-state index contributed by atoms with van der Waals surface area (Å²) in [4.78, 5) is 24.0. The van der Waals surface area contributed by atoms with Gasteiger partial charge in [-0.05, 0) is 36.4 Å². The van der Waals surface area contributed by atoms with Crippen molar-refractivity contribution in [3.05, 3.63) is 59.6 Å². The van der Waals surface area contributed by atoms with E-state index in [1.807, 2.05) is 18.2 Å². The number of carbonyl (C=O) groups excluding carboxylic acids is 2. The van der Waals surface area contributed by atoms with E-state index in [1.54, 1.807) is 36.4 Å². The number of halogens is 1. The zero-order valence-corrected chi connectivity index (χ0v) is 14.0. The molecule has 0 aliphatic carbocycles. The van der Waals surface area contributed by atoms with Gasteiger partial charge >= 0.3 is 6.03 Å². The maximum Gasteiger partial charge on any atom is 0.325 e. The molecule has 8 heteroatoms. The third kappa shape index (κ3) is 4.06. The minimum Gasteiger partial charge on any atom is -0.308 e. The Labute approximate surface area is 147 Å². The van der Waals surface area contributed by atoms with Crippen LogP contribution in [0.3, 0.4) is 0 Å². The van der Waals surface area contributed by atoms with Gasteiger partial charge in [0.2, 0.25) is 0 Å². The van der Waals surface area contributed by atoms with Gasteiger partial charge in [0.15, 0.2) is 5.17 Å². The van der Waals surface area contributed by atoms with Gasteiger partial charge in [0.1, 0.15) is 0 Å². The molecule has 24 heavy (non-hydrogen) atoms. The standard InChI is InChI=1S/C16H13ClN4O2S/c17-11-6-8-12(9-7-11)18-15(23)19-16-20-21(14(22)10-24-16)13-4-2-1-3-5-13/h1-9H,10H2,(H2,18,19,20,23). The fraction of sp³-hybridized carbons (Fsp3) is 0.0625. The lowest BCUT2D eigenvalue weighted by molar-refractivity contribution is -0.116. The number of hydrazone groups is 1. The van der Waals surface area contributed by atoms with E-state index in [4.69, 9.17) is 11.6 Å². The van der Waals surface area contributed by atoms with Crippen molar-refractivity contribution in [2.24, 2.45) is 5.10 Å². The lowest BCUT2D eigenvalue weighted by Gasteiger charge is -2.23. The molecule has 1 aliphatic rings. The predicted molar refractivity (Wildman–Crippen MR) is 97.4 cm³/mol. The SMILES string of the molecule is O=C(NC1=NN(c2ccccc2)C(=O)CS1)Nc1ccc(Cl)cc1. The largest absolute Gasteiger partial charge is 0.325 e. The molecule has 0 bridgehead atoms. The Morgan fingerprint density at radius 3 is 2.50 bits per heavy atom. The Kier molecular flexibility index (Phi) is 5.02. The fourth-order valence-corrected chi connectivity index (χ4v) is 2.80. The molecule has 0 spiro atoms. The molecule has 0 atom stereocenters. The number of nitrogens with one attached hydrogen (secondary N) is 2. The van der Waals surface area contributed by atoms with E-state index in [0.717, 1.165) is 0 Å². The highest BCUT2D eigenvalue weighted by atomic mass is 35.5. The second-order valence-corrected chi connectivity index (χ2v) is 6.22. The molecule has 1 aliphatic heterocycles. The monoisotopic (exact) mass is 360 g/mol. The van der Waals surface area contributed by atoms with Gasteiger partial charge in [-0.15, -0.1) is 5.10 Å². The number of amides is 3. The molecule has 1 heterocycles. The summed E-state index contributed by atoms with van der Waals surface area (Å²) in [6.07, 6.45) is 0. The normalized spacial score (nSPS) is 14.1. The van der Waals surface area contributed by atoms with E-state index in [9.17, 15) is 9.59 Å². The summed E-state index contributed by atoms with van der Waals surface area (Å²) in [6.45, 7) is 0. The second-order valence-electron chi connectivity index (χ2n) is 4.82. The van der Waals surface area contributed by atoms with Crippen LogP contribution >= 0.6 is 23.4 Å². The van der Waals surface area contributed by atoms with E-state index in [1.165, 1.54) is 16.8 Å². The molecule has 0 saturated carbocycles. The first kappa shape index (κ1) is 16.4. The van der Waals surface area contributed by atoms with Crippen molar-refractivity contribution in [2.75, 3.05) is 16.1 Å². The molecule has 0 saturated heterocycles. The Morgan fingerprint density at radius 2 is 1.79 bits per heavy atom. The van der Waals surface area contributed by atoms with Gasteiger partial charge in [-0.1, -0.05) is 41.6 Å². The Balaban J connectivity index is 1.68. The highest BCUT2D eigenvalue weighted by molar-refractivity contribution is 8.14. The predicted octanol–water partition coefficient (Wildman–Crippen LogP) is 3.51. The first-order chi connectivity index (χ1) is 11.6. The maximum absolute atomic E-state index is 12.0. The molecule has 3 rings (SSSR count). The minimum absolute atomic E-state index is 0.144. The summed E-state index contributed by atoms with van der Waals surface area (Å²) in [5.41, 5.74) is 1.26. The number of benzene rings is 2. The summed E-state index contributed by atoms with van der Waals surface area (Å²) in [7, 11) is 0. The van der Waals surface area contributed by atoms with Crippen LogP contribution in [0.15, 0.2) is 59.7 Å². The highest BCUT2D eigenvalue weighted by Gasteiger charge is 2.23. The van der Waals surface area contributed by atoms with Crippen molar-refractivity contribution in [1.29, 1.82) is 0 Å². The topological polar surface area (TPSA) is 73.8 Å². The number of carbonyl (C=O) groups is 2. The van der Waals surface area contributed by atoms with Gasteiger partial charge in [0, 0.05) is 10.7 Å². The molecule has 3 amide bonds. The highest BCUT2D eigenvalue weighted by Crippen LogP contribution is 2.21. The zero-order chi connectivity index (χ0) is 16.9. The van der Waals surface area contributed by atoms with Gasteiger partial charge in [0.05, 0.1) is 11.4 Å². The third-order valence-electron chi connectivity index (χ3n) is 3.08. The molecule has 0 aromatic heterocycles. The van der Waals surface area contributed by atoms with Crippen LogP contribution in [0, 0.1) is 0 Å². The quantitative estimate of drug-likeness (QED) is 0.860. The fourth-order valence-electron chi connectivity index (χ4n) is 1.99. The van der Waals surface area contributed by atoms with Crippen molar-refractivity contribution < 1.29 is 9.59 Å². The summed E-state index contributed by atoms with van der Waals surface area (Å²) >= 11 is 6.98. The average molecular weight is 361 g/mol. The van der Waals surface area contributed by atoms with Crippen molar-refractivity contribution in [3.63, 3.8) is 0 Å². The van der Waals surface area contributed by atoms with E-state index in [0.29, 0.717) is 21.6 Å². The molecule has 0 radical (unpaired) electrons. The van der Waals surface area contributed by atoms with E-state index in [-0.39, 0.29) is 11.7 Å². The molecular weight excluding hydrogens is 348 g/mol. The number of anilines is 2. The number of hydrogen-bond donors (Lipinski definition) is 2. The van der Waals surface area contributed by atoms with Crippen LogP contribution in [0.5, 0.6) is 0 Å². The number of urea groups is 1. The summed E-state index contributed by atoms with van der Waals surface area (Å²) < 4.78 is 0. The Hall–Kier alpha value is -2.51. The molecular formula is C16H13ClN4O2S. The minimum atomic E-state index is -0.439. The van der Waals surface area contributed by atoms with Crippen LogP contribution in [0.4, 0.5) is 16.2 Å². The third-order valence-corrected chi connectivity index (χ3v) is 4.18. The van der Waals surface area contributed by atoms with Gasteiger partial charge < -0.3 is 5.32 Å². The summed E-state index contributed by atoms with van der Waals surface area (Å²) in [5, 5.41) is 11.7. The molecule has 2 N–H and O–H groups in total. The lowest BCUT2D eigenvalue weighted by Crippen LogP contribution is -2.40. The van der Waals surface area contributed by atoms with Crippen LogP contribution < -0.4 is 15.6 Å². The molecule has 2 aromatic carbocycles. The average Bonchev–Trinajstić information content (AvgIpc) is 2.59. The second kappa shape index (κ2) is 7.37. The number of thioether (sulfide) groups is 1. The van der Waals surface area contributed by atoms with E-state index >= 15 is 0 Å². The van der Waals surface area contributed by atoms with Crippen LogP contribution in [-0.4, -0.2) is 22.9 Å². The van der Waals surface area contributed by atoms with Crippen molar-refractivity contribution in [3.8, 4) is 0 Å². The first-order valence-corrected chi connectivity index (χ1v) is 8.41. The van der Waals surface area contributed by atoms with Gasteiger partial charge in [-0.25, -0.2) is 4.79 Å². The van der Waals surface area contributed by atoms with E-state index in [2.05, 4.69) is 15.7 Å². The van der Waals surface area contributed by atoms with E-state index < -0.39 is 6.03 Å². The molecule has 0 fully saturated rings. The lowest BCUT2D eigenvalue weighted by atomic mass is 10.3.